The van der Waals surface area contributed by atoms with Gasteiger partial charge >= 0.3 is 0 Å². The number of hydrogen-bond acceptors (Lipinski definition) is 7. The van der Waals surface area contributed by atoms with Gasteiger partial charge in [0.25, 0.3) is 11.8 Å². The number of ether oxygens (including phenoxy) is 3. The van der Waals surface area contributed by atoms with Gasteiger partial charge in [0.1, 0.15) is 5.82 Å². The molecule has 10 heteroatoms. The van der Waals surface area contributed by atoms with E-state index in [9.17, 15) is 14.0 Å². The Labute approximate surface area is 181 Å². The van der Waals surface area contributed by atoms with Crippen LogP contribution in [0.15, 0.2) is 36.4 Å². The first-order valence-electron chi connectivity index (χ1n) is 9.04. The number of hydrogen-bond donors (Lipinski definition) is 2. The average Bonchev–Trinajstić information content (AvgIpc) is 3.11. The number of rotatable bonds is 8. The van der Waals surface area contributed by atoms with Crippen LogP contribution in [0.4, 0.5) is 9.52 Å². The van der Waals surface area contributed by atoms with Gasteiger partial charge in [0, 0.05) is 16.0 Å². The zero-order chi connectivity index (χ0) is 22.5. The van der Waals surface area contributed by atoms with E-state index in [0.29, 0.717) is 10.8 Å². The topological polar surface area (TPSA) is 113 Å². The predicted molar refractivity (Wildman–Crippen MR) is 114 cm³/mol. The van der Waals surface area contributed by atoms with Crippen LogP contribution in [0.5, 0.6) is 17.2 Å². The smallest absolute Gasteiger partial charge is 0.257 e. The van der Waals surface area contributed by atoms with Crippen molar-refractivity contribution >= 4 is 28.3 Å². The van der Waals surface area contributed by atoms with E-state index in [1.54, 1.807) is 12.1 Å². The Morgan fingerprint density at radius 1 is 1.13 bits per heavy atom. The summed E-state index contributed by atoms with van der Waals surface area (Å²) < 4.78 is 29.1. The zero-order valence-electron chi connectivity index (χ0n) is 17.0. The van der Waals surface area contributed by atoms with Gasteiger partial charge in [-0.2, -0.15) is 0 Å². The van der Waals surface area contributed by atoms with Crippen molar-refractivity contribution in [3.8, 4) is 28.5 Å². The number of aromatic nitrogens is 1. The number of aryl methyl sites for hydroxylation is 1. The molecule has 0 aliphatic carbocycles. The van der Waals surface area contributed by atoms with Crippen LogP contribution in [-0.4, -0.2) is 37.6 Å². The van der Waals surface area contributed by atoms with Crippen LogP contribution in [0.25, 0.3) is 11.3 Å². The van der Waals surface area contributed by atoms with Gasteiger partial charge in [0.15, 0.2) is 23.2 Å². The fourth-order valence-electron chi connectivity index (χ4n) is 2.79. The number of nitrogens with zero attached hydrogens (tertiary/aromatic N) is 1. The van der Waals surface area contributed by atoms with E-state index in [1.165, 1.54) is 49.8 Å². The third-order valence-corrected chi connectivity index (χ3v) is 5.10. The Kier molecular flexibility index (Phi) is 6.71. The van der Waals surface area contributed by atoms with Crippen molar-refractivity contribution < 1.29 is 28.2 Å². The molecule has 162 valence electrons. The second kappa shape index (κ2) is 9.43. The summed E-state index contributed by atoms with van der Waals surface area (Å²) in [7, 11) is 2.79. The Hall–Kier alpha value is -3.66. The van der Waals surface area contributed by atoms with E-state index >= 15 is 0 Å². The molecule has 1 aromatic heterocycles. The number of primary amides is 1. The Bertz CT molecular complexity index is 1090. The first-order valence-corrected chi connectivity index (χ1v) is 9.86. The summed E-state index contributed by atoms with van der Waals surface area (Å²) in [4.78, 5) is 29.2. The van der Waals surface area contributed by atoms with Crippen LogP contribution in [0, 0.1) is 12.7 Å². The number of thiazole rings is 1. The number of methoxy groups -OCH3 is 2. The largest absolute Gasteiger partial charge is 0.493 e. The number of carbonyl (C=O) groups excluding carboxylic acids is 2. The van der Waals surface area contributed by atoms with E-state index in [1.807, 2.05) is 6.92 Å². The molecule has 1 heterocycles. The molecule has 2 aromatic carbocycles. The van der Waals surface area contributed by atoms with Gasteiger partial charge in [-0.15, -0.1) is 11.3 Å². The summed E-state index contributed by atoms with van der Waals surface area (Å²) in [5, 5.41) is 3.12. The van der Waals surface area contributed by atoms with Crippen molar-refractivity contribution in [2.45, 2.75) is 6.92 Å². The summed E-state index contributed by atoms with van der Waals surface area (Å²) in [5.41, 5.74) is 6.75. The minimum Gasteiger partial charge on any atom is -0.493 e. The zero-order valence-corrected chi connectivity index (χ0v) is 17.8. The monoisotopic (exact) mass is 445 g/mol. The maximum Gasteiger partial charge on any atom is 0.257 e. The molecule has 0 fully saturated rings. The maximum absolute atomic E-state index is 13.2. The molecule has 0 aliphatic rings. The summed E-state index contributed by atoms with van der Waals surface area (Å²) >= 11 is 1.30. The summed E-state index contributed by atoms with van der Waals surface area (Å²) in [6.45, 7) is 1.49. The van der Waals surface area contributed by atoms with Crippen LogP contribution in [0.3, 0.4) is 0 Å². The Morgan fingerprint density at radius 3 is 2.29 bits per heavy atom. The molecule has 0 radical (unpaired) electrons. The number of nitrogens with two attached hydrogens (primary N) is 1. The SMILES string of the molecule is COc1cc(C(=O)Nc2nc(-c3ccc(F)cc3)c(C)s2)cc(OC)c1OCC(N)=O. The number of anilines is 1. The van der Waals surface area contributed by atoms with Crippen molar-refractivity contribution in [3.63, 3.8) is 0 Å². The molecule has 31 heavy (non-hydrogen) atoms. The van der Waals surface area contributed by atoms with Gasteiger partial charge in [0.05, 0.1) is 19.9 Å². The van der Waals surface area contributed by atoms with E-state index in [0.717, 1.165) is 10.4 Å². The van der Waals surface area contributed by atoms with E-state index in [-0.39, 0.29) is 35.2 Å². The molecule has 8 nitrogen and oxygen atoms in total. The molecule has 2 amide bonds. The van der Waals surface area contributed by atoms with E-state index < -0.39 is 11.8 Å². The van der Waals surface area contributed by atoms with Crippen molar-refractivity contribution in [1.82, 2.24) is 4.98 Å². The highest BCUT2D eigenvalue weighted by atomic mass is 32.1. The Balaban J connectivity index is 1.85. The molecule has 3 N–H and O–H groups in total. The molecule has 3 rings (SSSR count). The van der Waals surface area contributed by atoms with E-state index in [4.69, 9.17) is 19.9 Å². The third-order valence-electron chi connectivity index (χ3n) is 4.22. The number of halogens is 1. The maximum atomic E-state index is 13.2. The summed E-state index contributed by atoms with van der Waals surface area (Å²) in [6, 6.07) is 8.87. The van der Waals surface area contributed by atoms with E-state index in [2.05, 4.69) is 10.3 Å². The first-order chi connectivity index (χ1) is 14.8. The minimum absolute atomic E-state index is 0.157. The van der Waals surface area contributed by atoms with Gasteiger partial charge < -0.3 is 19.9 Å². The quantitative estimate of drug-likeness (QED) is 0.550. The lowest BCUT2D eigenvalue weighted by Gasteiger charge is -2.15. The van der Waals surface area contributed by atoms with Gasteiger partial charge in [-0.25, -0.2) is 9.37 Å². The molecule has 0 unspecified atom stereocenters. The lowest BCUT2D eigenvalue weighted by molar-refractivity contribution is -0.120. The van der Waals surface area contributed by atoms with Crippen LogP contribution in [-0.2, 0) is 4.79 Å². The molecule has 0 bridgehead atoms. The lowest BCUT2D eigenvalue weighted by atomic mass is 10.1. The van der Waals surface area contributed by atoms with Crippen LogP contribution >= 0.6 is 11.3 Å². The number of benzene rings is 2. The van der Waals surface area contributed by atoms with Gasteiger partial charge in [-0.1, -0.05) is 0 Å². The van der Waals surface area contributed by atoms with Gasteiger partial charge in [-0.3, -0.25) is 14.9 Å². The third kappa shape index (κ3) is 5.10. The highest BCUT2D eigenvalue weighted by molar-refractivity contribution is 7.16. The molecular weight excluding hydrogens is 425 g/mol. The van der Waals surface area contributed by atoms with Gasteiger partial charge in [0.2, 0.25) is 5.75 Å². The summed E-state index contributed by atoms with van der Waals surface area (Å²) in [5.74, 6) is -0.888. The van der Waals surface area contributed by atoms with Crippen LogP contribution in [0.1, 0.15) is 15.2 Å². The predicted octanol–water partition coefficient (Wildman–Crippen LogP) is 3.39. The second-order valence-corrected chi connectivity index (χ2v) is 7.55. The Morgan fingerprint density at radius 2 is 1.74 bits per heavy atom. The van der Waals surface area contributed by atoms with Crippen molar-refractivity contribution in [2.75, 3.05) is 26.1 Å². The highest BCUT2D eigenvalue weighted by Crippen LogP contribution is 2.39. The molecule has 0 saturated carbocycles. The molecular formula is C21H20FN3O5S. The molecule has 0 atom stereocenters. The molecule has 0 saturated heterocycles. The second-order valence-electron chi connectivity index (χ2n) is 6.35. The fraction of sp³-hybridized carbons (Fsp3) is 0.190. The van der Waals surface area contributed by atoms with Crippen LogP contribution in [0.2, 0.25) is 0 Å². The van der Waals surface area contributed by atoms with Crippen molar-refractivity contribution in [2.24, 2.45) is 5.73 Å². The highest BCUT2D eigenvalue weighted by Gasteiger charge is 2.20. The fourth-order valence-corrected chi connectivity index (χ4v) is 3.62. The standard InChI is InChI=1S/C21H20FN3O5S/c1-11-18(12-4-6-14(22)7-5-12)24-21(31-11)25-20(27)13-8-15(28-2)19(16(9-13)29-3)30-10-17(23)26/h4-9H,10H2,1-3H3,(H2,23,26)(H,24,25,27). The number of nitrogens with one attached hydrogen (secondary N) is 1. The molecule has 0 spiro atoms. The molecule has 0 aliphatic heterocycles. The number of carbonyl (C=O) groups is 2. The van der Waals surface area contributed by atoms with Gasteiger partial charge in [-0.05, 0) is 43.3 Å². The normalized spacial score (nSPS) is 10.5. The number of amides is 2. The molecule has 3 aromatic rings. The summed E-state index contributed by atoms with van der Waals surface area (Å²) in [6.07, 6.45) is 0. The lowest BCUT2D eigenvalue weighted by Crippen LogP contribution is -2.20. The van der Waals surface area contributed by atoms with Crippen molar-refractivity contribution in [3.05, 3.63) is 52.7 Å². The average molecular weight is 445 g/mol. The van der Waals surface area contributed by atoms with Crippen LogP contribution < -0.4 is 25.3 Å². The van der Waals surface area contributed by atoms with Crippen molar-refractivity contribution in [1.29, 1.82) is 0 Å². The minimum atomic E-state index is -0.665. The first kappa shape index (κ1) is 22.0.